The van der Waals surface area contributed by atoms with Crippen LogP contribution in [0.2, 0.25) is 0 Å². The van der Waals surface area contributed by atoms with E-state index < -0.39 is 12.0 Å². The van der Waals surface area contributed by atoms with Crippen LogP contribution in [-0.2, 0) is 9.53 Å². The van der Waals surface area contributed by atoms with Crippen LogP contribution in [0.4, 0.5) is 0 Å². The van der Waals surface area contributed by atoms with E-state index in [1.807, 2.05) is 0 Å². The van der Waals surface area contributed by atoms with Crippen LogP contribution in [0.15, 0.2) is 0 Å². The molecule has 0 spiro atoms. The number of carboxylic acids is 1. The number of carbonyl (C=O) groups is 1. The molecule has 0 bridgehead atoms. The van der Waals surface area contributed by atoms with Gasteiger partial charge in [0.05, 0.1) is 0 Å². The summed E-state index contributed by atoms with van der Waals surface area (Å²) in [7, 11) is 0. The minimum absolute atomic E-state index is 0.201. The van der Waals surface area contributed by atoms with Crippen molar-refractivity contribution in [3.05, 3.63) is 0 Å². The third kappa shape index (κ3) is 5.40. The van der Waals surface area contributed by atoms with E-state index in [2.05, 4.69) is 5.92 Å². The summed E-state index contributed by atoms with van der Waals surface area (Å²) in [6.45, 7) is 0.490. The predicted molar refractivity (Wildman–Crippen MR) is 39.9 cm³/mol. The molecule has 0 aromatic rings. The Morgan fingerprint density at radius 1 is 1.82 bits per heavy atom. The quantitative estimate of drug-likeness (QED) is 0.414. The fraction of sp³-hybridized carbons (Fsp3) is 0.571. The molecule has 0 unspecified atom stereocenters. The number of carboxylic acid groups (broad SMARTS) is 1. The first kappa shape index (κ1) is 9.95. The van der Waals surface area contributed by atoms with Crippen molar-refractivity contribution in [1.29, 1.82) is 0 Å². The Bertz CT molecular complexity index is 162. The lowest BCUT2D eigenvalue weighted by molar-refractivity contribution is -0.138. The maximum atomic E-state index is 10.1. The molecule has 62 valence electrons. The molecule has 4 nitrogen and oxygen atoms in total. The first-order valence-corrected chi connectivity index (χ1v) is 3.18. The van der Waals surface area contributed by atoms with Gasteiger partial charge in [0, 0.05) is 6.61 Å². The Hall–Kier alpha value is -1.05. The molecule has 0 aliphatic heterocycles. The number of rotatable bonds is 5. The Labute approximate surface area is 65.3 Å². The SMILES string of the molecule is C#CCOCC[C@H](N)C(=O)O. The molecule has 3 N–H and O–H groups in total. The highest BCUT2D eigenvalue weighted by Gasteiger charge is 2.09. The lowest BCUT2D eigenvalue weighted by atomic mass is 10.2. The highest BCUT2D eigenvalue weighted by molar-refractivity contribution is 5.72. The Morgan fingerprint density at radius 2 is 2.45 bits per heavy atom. The molecule has 0 aromatic heterocycles. The van der Waals surface area contributed by atoms with Crippen LogP contribution in [-0.4, -0.2) is 30.3 Å². The molecular weight excluding hydrogens is 146 g/mol. The second kappa shape index (κ2) is 5.71. The molecule has 0 aliphatic carbocycles. The fourth-order valence-corrected chi connectivity index (χ4v) is 0.465. The molecule has 1 atom stereocenters. The normalized spacial score (nSPS) is 12.0. The zero-order chi connectivity index (χ0) is 8.69. The molecule has 0 radical (unpaired) electrons. The molecule has 0 aromatic carbocycles. The smallest absolute Gasteiger partial charge is 0.320 e. The van der Waals surface area contributed by atoms with Crippen molar-refractivity contribution >= 4 is 5.97 Å². The second-order valence-electron chi connectivity index (χ2n) is 1.99. The molecule has 0 amide bonds. The minimum Gasteiger partial charge on any atom is -0.480 e. The van der Waals surface area contributed by atoms with Gasteiger partial charge in [0.1, 0.15) is 12.6 Å². The largest absolute Gasteiger partial charge is 0.480 e. The lowest BCUT2D eigenvalue weighted by Gasteiger charge is -2.04. The van der Waals surface area contributed by atoms with Crippen LogP contribution >= 0.6 is 0 Å². The topological polar surface area (TPSA) is 72.5 Å². The van der Waals surface area contributed by atoms with E-state index >= 15 is 0 Å². The van der Waals surface area contributed by atoms with Crippen molar-refractivity contribution in [2.24, 2.45) is 5.73 Å². The second-order valence-corrected chi connectivity index (χ2v) is 1.99. The third-order valence-electron chi connectivity index (χ3n) is 1.08. The van der Waals surface area contributed by atoms with Gasteiger partial charge in [0.15, 0.2) is 0 Å². The summed E-state index contributed by atoms with van der Waals surface area (Å²) in [6.07, 6.45) is 5.17. The minimum atomic E-state index is -1.02. The van der Waals surface area contributed by atoms with Crippen LogP contribution in [0.5, 0.6) is 0 Å². The number of ether oxygens (including phenoxy) is 1. The van der Waals surface area contributed by atoms with Gasteiger partial charge in [0.25, 0.3) is 0 Å². The van der Waals surface area contributed by atoms with Crippen molar-refractivity contribution < 1.29 is 14.6 Å². The van der Waals surface area contributed by atoms with Gasteiger partial charge in [-0.1, -0.05) is 5.92 Å². The molecule has 0 saturated heterocycles. The Kier molecular flexibility index (Phi) is 5.17. The first-order chi connectivity index (χ1) is 5.18. The van der Waals surface area contributed by atoms with Crippen molar-refractivity contribution in [2.45, 2.75) is 12.5 Å². The van der Waals surface area contributed by atoms with Gasteiger partial charge >= 0.3 is 5.97 Å². The fourth-order valence-electron chi connectivity index (χ4n) is 0.465. The van der Waals surface area contributed by atoms with E-state index in [-0.39, 0.29) is 19.6 Å². The number of nitrogens with two attached hydrogens (primary N) is 1. The number of aliphatic carboxylic acids is 1. The van der Waals surface area contributed by atoms with Crippen molar-refractivity contribution in [3.63, 3.8) is 0 Å². The van der Waals surface area contributed by atoms with Crippen LogP contribution in [0.3, 0.4) is 0 Å². The van der Waals surface area contributed by atoms with Crippen molar-refractivity contribution in [2.75, 3.05) is 13.2 Å². The van der Waals surface area contributed by atoms with Crippen LogP contribution in [0, 0.1) is 12.3 Å². The molecular formula is C7H11NO3. The van der Waals surface area contributed by atoms with Crippen LogP contribution in [0.1, 0.15) is 6.42 Å². The summed E-state index contributed by atoms with van der Waals surface area (Å²) in [6, 6.07) is -0.854. The van der Waals surface area contributed by atoms with Gasteiger partial charge in [-0.05, 0) is 6.42 Å². The molecule has 0 rings (SSSR count). The molecule has 0 heterocycles. The van der Waals surface area contributed by atoms with Gasteiger partial charge in [-0.15, -0.1) is 6.42 Å². The molecule has 0 aliphatic rings. The predicted octanol–water partition coefficient (Wildman–Crippen LogP) is -0.562. The van der Waals surface area contributed by atoms with Crippen molar-refractivity contribution in [3.8, 4) is 12.3 Å². The summed E-state index contributed by atoms with van der Waals surface area (Å²) >= 11 is 0. The Balaban J connectivity index is 3.26. The molecule has 0 fully saturated rings. The summed E-state index contributed by atoms with van der Waals surface area (Å²) in [5, 5.41) is 8.32. The maximum absolute atomic E-state index is 10.1. The summed E-state index contributed by atoms with van der Waals surface area (Å²) in [5.41, 5.74) is 5.17. The number of terminal acetylenes is 1. The van der Waals surface area contributed by atoms with E-state index in [4.69, 9.17) is 22.0 Å². The monoisotopic (exact) mass is 157 g/mol. The van der Waals surface area contributed by atoms with E-state index in [1.165, 1.54) is 0 Å². The zero-order valence-corrected chi connectivity index (χ0v) is 6.12. The van der Waals surface area contributed by atoms with Gasteiger partial charge in [-0.3, -0.25) is 4.79 Å². The standard InChI is InChI=1S/C7H11NO3/c1-2-4-11-5-3-6(8)7(9)10/h1,6H,3-5,8H2,(H,9,10)/t6-/m0/s1. The van der Waals surface area contributed by atoms with E-state index in [1.54, 1.807) is 0 Å². The van der Waals surface area contributed by atoms with Gasteiger partial charge in [-0.2, -0.15) is 0 Å². The molecule has 4 heteroatoms. The van der Waals surface area contributed by atoms with E-state index in [9.17, 15) is 4.79 Å². The van der Waals surface area contributed by atoms with E-state index in [0.717, 1.165) is 0 Å². The van der Waals surface area contributed by atoms with Gasteiger partial charge in [0.2, 0.25) is 0 Å². The lowest BCUT2D eigenvalue weighted by Crippen LogP contribution is -2.31. The average molecular weight is 157 g/mol. The number of hydrogen-bond donors (Lipinski definition) is 2. The zero-order valence-electron chi connectivity index (χ0n) is 6.12. The van der Waals surface area contributed by atoms with Gasteiger partial charge in [-0.25, -0.2) is 0 Å². The molecule has 11 heavy (non-hydrogen) atoms. The highest BCUT2D eigenvalue weighted by atomic mass is 16.5. The maximum Gasteiger partial charge on any atom is 0.320 e. The molecule has 0 saturated carbocycles. The van der Waals surface area contributed by atoms with Gasteiger partial charge < -0.3 is 15.6 Å². The summed E-state index contributed by atoms with van der Waals surface area (Å²) in [5.74, 6) is 1.24. The first-order valence-electron chi connectivity index (χ1n) is 3.18. The average Bonchev–Trinajstić information content (AvgIpc) is 1.97. The summed E-state index contributed by atoms with van der Waals surface area (Å²) in [4.78, 5) is 10.1. The Morgan fingerprint density at radius 3 is 2.91 bits per heavy atom. The highest BCUT2D eigenvalue weighted by Crippen LogP contribution is 1.88. The number of hydrogen-bond acceptors (Lipinski definition) is 3. The third-order valence-corrected chi connectivity index (χ3v) is 1.08. The van der Waals surface area contributed by atoms with Crippen LogP contribution < -0.4 is 5.73 Å². The van der Waals surface area contributed by atoms with E-state index in [0.29, 0.717) is 0 Å². The van der Waals surface area contributed by atoms with Crippen molar-refractivity contribution in [1.82, 2.24) is 0 Å². The van der Waals surface area contributed by atoms with Crippen LogP contribution in [0.25, 0.3) is 0 Å². The summed E-state index contributed by atoms with van der Waals surface area (Å²) < 4.78 is 4.82.